The van der Waals surface area contributed by atoms with Crippen molar-refractivity contribution in [2.24, 2.45) is 5.73 Å². The number of nitrogens with zero attached hydrogens (tertiary/aromatic N) is 2. The van der Waals surface area contributed by atoms with Crippen molar-refractivity contribution < 1.29 is 14.0 Å². The van der Waals surface area contributed by atoms with E-state index in [4.69, 9.17) is 11.1 Å². The van der Waals surface area contributed by atoms with Crippen LogP contribution in [-0.2, 0) is 4.79 Å². The first-order chi connectivity index (χ1) is 16.4. The number of amides is 2. The number of nitrogen functional groups attached to an aromatic ring is 1. The molecule has 0 unspecified atom stereocenters. The second kappa shape index (κ2) is 10.2. The van der Waals surface area contributed by atoms with E-state index in [0.717, 1.165) is 5.69 Å². The first-order valence-corrected chi connectivity index (χ1v) is 11.0. The lowest BCUT2D eigenvalue weighted by atomic mass is 10.0. The van der Waals surface area contributed by atoms with Gasteiger partial charge in [-0.2, -0.15) is 0 Å². The third-order valence-corrected chi connectivity index (χ3v) is 5.87. The second-order valence-electron chi connectivity index (χ2n) is 8.10. The first-order valence-electron chi connectivity index (χ1n) is 11.0. The Balaban J connectivity index is 1.49. The summed E-state index contributed by atoms with van der Waals surface area (Å²) in [6.07, 6.45) is 0. The van der Waals surface area contributed by atoms with E-state index in [1.165, 1.54) is 18.2 Å². The van der Waals surface area contributed by atoms with Gasteiger partial charge >= 0.3 is 0 Å². The van der Waals surface area contributed by atoms with Crippen LogP contribution in [0.15, 0.2) is 78.9 Å². The van der Waals surface area contributed by atoms with Gasteiger partial charge in [0.2, 0.25) is 5.91 Å². The fourth-order valence-electron chi connectivity index (χ4n) is 4.00. The summed E-state index contributed by atoms with van der Waals surface area (Å²) in [4.78, 5) is 30.4. The summed E-state index contributed by atoms with van der Waals surface area (Å²) in [5.74, 6) is -1.03. The van der Waals surface area contributed by atoms with Crippen LogP contribution in [0.2, 0.25) is 0 Å². The van der Waals surface area contributed by atoms with Gasteiger partial charge in [-0.15, -0.1) is 0 Å². The Hall–Kier alpha value is -4.20. The Labute approximate surface area is 197 Å². The number of nitrogens with one attached hydrogen (secondary N) is 2. The number of halogens is 1. The van der Waals surface area contributed by atoms with Crippen LogP contribution in [0.1, 0.15) is 27.5 Å². The molecular formula is C26H26FN5O2. The van der Waals surface area contributed by atoms with Crippen molar-refractivity contribution >= 4 is 23.3 Å². The van der Waals surface area contributed by atoms with E-state index in [1.54, 1.807) is 35.2 Å². The normalized spacial score (nSPS) is 14.4. The van der Waals surface area contributed by atoms with Gasteiger partial charge in [-0.1, -0.05) is 42.5 Å². The van der Waals surface area contributed by atoms with Crippen LogP contribution in [0.5, 0.6) is 0 Å². The van der Waals surface area contributed by atoms with E-state index in [-0.39, 0.29) is 17.6 Å². The van der Waals surface area contributed by atoms with Gasteiger partial charge in [0.15, 0.2) is 0 Å². The minimum Gasteiger partial charge on any atom is -0.384 e. The first kappa shape index (κ1) is 23.0. The minimum atomic E-state index is -0.855. The second-order valence-corrected chi connectivity index (χ2v) is 8.10. The standard InChI is InChI=1S/C26H26FN5O2/c27-21-9-11-22(12-10-21)31-13-15-32(16-14-31)26(34)23(18-5-2-1-3-6-18)30-25(33)20-8-4-7-19(17-20)24(28)29/h1-12,17,23H,13-16H2,(H3,28,29)(H,30,33)/t23-/m1/s1. The molecule has 1 aliphatic heterocycles. The number of rotatable bonds is 6. The number of piperazine rings is 1. The van der Waals surface area contributed by atoms with Crippen molar-refractivity contribution in [1.29, 1.82) is 5.41 Å². The summed E-state index contributed by atoms with van der Waals surface area (Å²) in [5.41, 5.74) is 7.90. The Morgan fingerprint density at radius 3 is 2.18 bits per heavy atom. The van der Waals surface area contributed by atoms with Crippen molar-refractivity contribution in [1.82, 2.24) is 10.2 Å². The molecule has 4 rings (SSSR count). The van der Waals surface area contributed by atoms with Gasteiger partial charge in [-0.05, 0) is 42.0 Å². The quantitative estimate of drug-likeness (QED) is 0.390. The molecular weight excluding hydrogens is 433 g/mol. The Morgan fingerprint density at radius 1 is 0.882 bits per heavy atom. The zero-order chi connectivity index (χ0) is 24.1. The number of anilines is 1. The highest BCUT2D eigenvalue weighted by Crippen LogP contribution is 2.21. The van der Waals surface area contributed by atoms with Crippen molar-refractivity contribution in [2.75, 3.05) is 31.1 Å². The van der Waals surface area contributed by atoms with E-state index < -0.39 is 11.9 Å². The summed E-state index contributed by atoms with van der Waals surface area (Å²) < 4.78 is 13.2. The molecule has 1 heterocycles. The fourth-order valence-corrected chi connectivity index (χ4v) is 4.00. The number of carbonyl (C=O) groups is 2. The van der Waals surface area contributed by atoms with E-state index in [0.29, 0.717) is 42.9 Å². The van der Waals surface area contributed by atoms with Crippen molar-refractivity contribution in [2.45, 2.75) is 6.04 Å². The molecule has 2 amide bonds. The molecule has 1 atom stereocenters. The van der Waals surface area contributed by atoms with Crippen LogP contribution in [0.3, 0.4) is 0 Å². The largest absolute Gasteiger partial charge is 0.384 e. The molecule has 1 saturated heterocycles. The summed E-state index contributed by atoms with van der Waals surface area (Å²) >= 11 is 0. The molecule has 1 fully saturated rings. The van der Waals surface area contributed by atoms with Crippen LogP contribution < -0.4 is 16.0 Å². The lowest BCUT2D eigenvalue weighted by molar-refractivity contribution is -0.133. The summed E-state index contributed by atoms with van der Waals surface area (Å²) in [6.45, 7) is 2.17. The van der Waals surface area contributed by atoms with E-state index in [2.05, 4.69) is 10.2 Å². The van der Waals surface area contributed by atoms with Gasteiger partial charge in [0, 0.05) is 43.0 Å². The average molecular weight is 460 g/mol. The molecule has 7 nitrogen and oxygen atoms in total. The minimum absolute atomic E-state index is 0.135. The maximum atomic E-state index is 13.5. The zero-order valence-electron chi connectivity index (χ0n) is 18.6. The van der Waals surface area contributed by atoms with Gasteiger partial charge in [0.25, 0.3) is 5.91 Å². The topological polar surface area (TPSA) is 103 Å². The molecule has 34 heavy (non-hydrogen) atoms. The van der Waals surface area contributed by atoms with E-state index >= 15 is 0 Å². The average Bonchev–Trinajstić information content (AvgIpc) is 2.88. The Morgan fingerprint density at radius 2 is 1.53 bits per heavy atom. The van der Waals surface area contributed by atoms with Crippen molar-refractivity contribution in [3.8, 4) is 0 Å². The molecule has 8 heteroatoms. The molecule has 1 aliphatic rings. The van der Waals surface area contributed by atoms with Crippen LogP contribution >= 0.6 is 0 Å². The Kier molecular flexibility index (Phi) is 6.87. The lowest BCUT2D eigenvalue weighted by Crippen LogP contribution is -2.52. The Bertz CT molecular complexity index is 1180. The number of amidine groups is 1. The molecule has 0 spiro atoms. The van der Waals surface area contributed by atoms with Crippen LogP contribution in [-0.4, -0.2) is 48.7 Å². The molecule has 0 radical (unpaired) electrons. The molecule has 0 aromatic heterocycles. The third-order valence-electron chi connectivity index (χ3n) is 5.87. The highest BCUT2D eigenvalue weighted by Gasteiger charge is 2.30. The fraction of sp³-hybridized carbons (Fsp3) is 0.192. The molecule has 0 aliphatic carbocycles. The van der Waals surface area contributed by atoms with E-state index in [9.17, 15) is 14.0 Å². The number of carbonyl (C=O) groups excluding carboxylic acids is 2. The molecule has 174 valence electrons. The van der Waals surface area contributed by atoms with Gasteiger partial charge < -0.3 is 20.9 Å². The summed E-state index contributed by atoms with van der Waals surface area (Å²) in [6, 6.07) is 21.0. The molecule has 0 bridgehead atoms. The van der Waals surface area contributed by atoms with E-state index in [1.807, 2.05) is 30.3 Å². The smallest absolute Gasteiger partial charge is 0.252 e. The molecule has 0 saturated carbocycles. The molecule has 3 aromatic rings. The third kappa shape index (κ3) is 5.23. The summed E-state index contributed by atoms with van der Waals surface area (Å²) in [7, 11) is 0. The SMILES string of the molecule is N=C(N)c1cccc(C(=O)N[C@@H](C(=O)N2CCN(c3ccc(F)cc3)CC2)c2ccccc2)c1. The number of hydrogen-bond donors (Lipinski definition) is 3. The monoisotopic (exact) mass is 459 g/mol. The predicted octanol–water partition coefficient (Wildman–Crippen LogP) is 2.93. The zero-order valence-corrected chi connectivity index (χ0v) is 18.6. The van der Waals surface area contributed by atoms with Gasteiger partial charge in [0.1, 0.15) is 17.7 Å². The molecule has 4 N–H and O–H groups in total. The van der Waals surface area contributed by atoms with Crippen LogP contribution in [0.25, 0.3) is 0 Å². The highest BCUT2D eigenvalue weighted by molar-refractivity contribution is 6.01. The number of benzene rings is 3. The van der Waals surface area contributed by atoms with Crippen molar-refractivity contribution in [3.63, 3.8) is 0 Å². The number of nitrogens with two attached hydrogens (primary N) is 1. The van der Waals surface area contributed by atoms with Gasteiger partial charge in [0.05, 0.1) is 0 Å². The summed E-state index contributed by atoms with van der Waals surface area (Å²) in [5, 5.41) is 10.5. The number of hydrogen-bond acceptors (Lipinski definition) is 4. The van der Waals surface area contributed by atoms with Crippen LogP contribution in [0, 0.1) is 11.2 Å². The highest BCUT2D eigenvalue weighted by atomic mass is 19.1. The lowest BCUT2D eigenvalue weighted by Gasteiger charge is -2.37. The van der Waals surface area contributed by atoms with Gasteiger partial charge in [-0.25, -0.2) is 4.39 Å². The van der Waals surface area contributed by atoms with Crippen LogP contribution in [0.4, 0.5) is 10.1 Å². The predicted molar refractivity (Wildman–Crippen MR) is 129 cm³/mol. The maximum Gasteiger partial charge on any atom is 0.252 e. The van der Waals surface area contributed by atoms with Crippen molar-refractivity contribution in [3.05, 3.63) is 101 Å². The van der Waals surface area contributed by atoms with Gasteiger partial charge in [-0.3, -0.25) is 15.0 Å². The maximum absolute atomic E-state index is 13.5. The molecule has 3 aromatic carbocycles.